The third-order valence-corrected chi connectivity index (χ3v) is 4.49. The summed E-state index contributed by atoms with van der Waals surface area (Å²) in [5.41, 5.74) is 0.400. The van der Waals surface area contributed by atoms with E-state index in [1.807, 2.05) is 0 Å². The first-order valence-corrected chi connectivity index (χ1v) is 7.14. The average Bonchev–Trinajstić information content (AvgIpc) is 2.39. The summed E-state index contributed by atoms with van der Waals surface area (Å²) in [7, 11) is 0. The Morgan fingerprint density at radius 3 is 2.37 bits per heavy atom. The van der Waals surface area contributed by atoms with Crippen LogP contribution in [-0.2, 0) is 0 Å². The molecule has 1 atom stereocenters. The van der Waals surface area contributed by atoms with Crippen LogP contribution < -0.4 is 0 Å². The summed E-state index contributed by atoms with van der Waals surface area (Å²) in [6.45, 7) is 0. The molecular weight excluding hydrogens is 405 g/mol. The highest BCUT2D eigenvalue weighted by molar-refractivity contribution is 9.10. The minimum atomic E-state index is -1.22. The molecular formula is C13H7Br2ClF2O. The van der Waals surface area contributed by atoms with Crippen LogP contribution in [0, 0.1) is 11.6 Å². The van der Waals surface area contributed by atoms with Gasteiger partial charge in [-0.2, -0.15) is 0 Å². The molecule has 2 aromatic rings. The van der Waals surface area contributed by atoms with Crippen LogP contribution in [0.1, 0.15) is 17.2 Å². The molecule has 100 valence electrons. The smallest absolute Gasteiger partial charge is 0.149 e. The van der Waals surface area contributed by atoms with Crippen LogP contribution in [0.15, 0.2) is 39.3 Å². The topological polar surface area (TPSA) is 20.2 Å². The van der Waals surface area contributed by atoms with Gasteiger partial charge in [0.05, 0.1) is 9.50 Å². The van der Waals surface area contributed by atoms with E-state index in [9.17, 15) is 13.9 Å². The SMILES string of the molecule is OC(c1ccc(F)c(Br)c1)c1ccc(Br)c(Cl)c1F. The van der Waals surface area contributed by atoms with Crippen LogP contribution in [0.3, 0.4) is 0 Å². The highest BCUT2D eigenvalue weighted by Gasteiger charge is 2.19. The summed E-state index contributed by atoms with van der Waals surface area (Å²) in [6.07, 6.45) is -1.22. The Bertz CT molecular complexity index is 634. The lowest BCUT2D eigenvalue weighted by Crippen LogP contribution is -2.03. The Kier molecular flexibility index (Phi) is 4.61. The molecule has 0 aliphatic heterocycles. The van der Waals surface area contributed by atoms with E-state index < -0.39 is 17.7 Å². The minimum Gasteiger partial charge on any atom is -0.384 e. The first-order chi connectivity index (χ1) is 8.91. The van der Waals surface area contributed by atoms with Crippen LogP contribution in [0.25, 0.3) is 0 Å². The lowest BCUT2D eigenvalue weighted by atomic mass is 10.0. The molecule has 0 amide bonds. The van der Waals surface area contributed by atoms with Crippen molar-refractivity contribution in [2.45, 2.75) is 6.10 Å². The summed E-state index contributed by atoms with van der Waals surface area (Å²) in [4.78, 5) is 0. The number of hydrogen-bond donors (Lipinski definition) is 1. The molecule has 0 saturated carbocycles. The fraction of sp³-hybridized carbons (Fsp3) is 0.0769. The van der Waals surface area contributed by atoms with Crippen LogP contribution in [0.5, 0.6) is 0 Å². The van der Waals surface area contributed by atoms with E-state index in [4.69, 9.17) is 11.6 Å². The molecule has 2 rings (SSSR count). The third-order valence-electron chi connectivity index (χ3n) is 2.62. The standard InChI is InChI=1S/C13H7Br2ClF2O/c14-8-3-2-7(12(18)11(8)16)13(19)6-1-4-10(17)9(15)5-6/h1-5,13,19H. The van der Waals surface area contributed by atoms with E-state index in [1.54, 1.807) is 6.07 Å². The van der Waals surface area contributed by atoms with Crippen molar-refractivity contribution in [3.63, 3.8) is 0 Å². The largest absolute Gasteiger partial charge is 0.384 e. The van der Waals surface area contributed by atoms with Gasteiger partial charge in [-0.3, -0.25) is 0 Å². The summed E-state index contributed by atoms with van der Waals surface area (Å²) >= 11 is 11.9. The number of halogens is 5. The third kappa shape index (κ3) is 2.99. The van der Waals surface area contributed by atoms with E-state index in [0.717, 1.165) is 0 Å². The van der Waals surface area contributed by atoms with Gasteiger partial charge >= 0.3 is 0 Å². The Morgan fingerprint density at radius 2 is 1.74 bits per heavy atom. The molecule has 6 heteroatoms. The van der Waals surface area contributed by atoms with Gasteiger partial charge in [-0.05, 0) is 55.6 Å². The zero-order valence-corrected chi connectivity index (χ0v) is 13.2. The fourth-order valence-electron chi connectivity index (χ4n) is 1.61. The molecule has 0 radical (unpaired) electrons. The summed E-state index contributed by atoms with van der Waals surface area (Å²) < 4.78 is 27.7. The number of benzene rings is 2. The molecule has 0 aliphatic rings. The number of rotatable bonds is 2. The zero-order valence-electron chi connectivity index (χ0n) is 9.30. The second-order valence-corrected chi connectivity index (χ2v) is 5.93. The fourth-order valence-corrected chi connectivity index (χ4v) is 2.49. The van der Waals surface area contributed by atoms with Gasteiger partial charge in [0.15, 0.2) is 0 Å². The number of hydrogen-bond acceptors (Lipinski definition) is 1. The maximum Gasteiger partial charge on any atom is 0.149 e. The molecule has 1 nitrogen and oxygen atoms in total. The van der Waals surface area contributed by atoms with Gasteiger partial charge in [0.2, 0.25) is 0 Å². The minimum absolute atomic E-state index is 0.0340. The quantitative estimate of drug-likeness (QED) is 0.670. The Morgan fingerprint density at radius 1 is 1.05 bits per heavy atom. The molecule has 0 spiro atoms. The normalized spacial score (nSPS) is 12.5. The van der Waals surface area contributed by atoms with Gasteiger partial charge in [-0.1, -0.05) is 23.7 Å². The van der Waals surface area contributed by atoms with Crippen molar-refractivity contribution in [1.29, 1.82) is 0 Å². The number of aliphatic hydroxyl groups excluding tert-OH is 1. The molecule has 0 aliphatic carbocycles. The zero-order chi connectivity index (χ0) is 14.2. The van der Waals surface area contributed by atoms with Gasteiger partial charge < -0.3 is 5.11 Å². The molecule has 0 saturated heterocycles. The maximum absolute atomic E-state index is 14.0. The first-order valence-electron chi connectivity index (χ1n) is 5.18. The van der Waals surface area contributed by atoms with Crippen molar-refractivity contribution in [3.8, 4) is 0 Å². The van der Waals surface area contributed by atoms with Crippen molar-refractivity contribution < 1.29 is 13.9 Å². The first kappa shape index (κ1) is 14.9. The molecule has 0 bridgehead atoms. The lowest BCUT2D eigenvalue weighted by molar-refractivity contribution is 0.214. The van der Waals surface area contributed by atoms with Crippen LogP contribution in [-0.4, -0.2) is 5.11 Å². The molecule has 2 aromatic carbocycles. The van der Waals surface area contributed by atoms with E-state index in [0.29, 0.717) is 10.0 Å². The summed E-state index contributed by atoms with van der Waals surface area (Å²) in [6, 6.07) is 6.95. The van der Waals surface area contributed by atoms with Gasteiger partial charge in [0.1, 0.15) is 17.7 Å². The predicted octanol–water partition coefficient (Wildman–Crippen LogP) is 5.22. The molecule has 0 fully saturated rings. The van der Waals surface area contributed by atoms with Crippen molar-refractivity contribution in [2.24, 2.45) is 0 Å². The van der Waals surface area contributed by atoms with Crippen molar-refractivity contribution in [3.05, 3.63) is 67.1 Å². The summed E-state index contributed by atoms with van der Waals surface area (Å²) in [5, 5.41) is 10.0. The Hall–Kier alpha value is -0.490. The van der Waals surface area contributed by atoms with E-state index >= 15 is 0 Å². The Balaban J connectivity index is 2.47. The number of aliphatic hydroxyl groups is 1. The van der Waals surface area contributed by atoms with Gasteiger partial charge in [0.25, 0.3) is 0 Å². The highest BCUT2D eigenvalue weighted by Crippen LogP contribution is 2.33. The second kappa shape index (κ2) is 5.87. The summed E-state index contributed by atoms with van der Waals surface area (Å²) in [5.74, 6) is -1.16. The maximum atomic E-state index is 14.0. The molecule has 1 unspecified atom stereocenters. The average molecular weight is 412 g/mol. The predicted molar refractivity (Wildman–Crippen MR) is 77.3 cm³/mol. The van der Waals surface area contributed by atoms with E-state index in [-0.39, 0.29) is 15.1 Å². The van der Waals surface area contributed by atoms with Crippen molar-refractivity contribution >= 4 is 43.5 Å². The van der Waals surface area contributed by atoms with E-state index in [2.05, 4.69) is 31.9 Å². The highest BCUT2D eigenvalue weighted by atomic mass is 79.9. The molecule has 1 N–H and O–H groups in total. The second-order valence-electron chi connectivity index (χ2n) is 3.84. The molecule has 0 aromatic heterocycles. The van der Waals surface area contributed by atoms with Crippen molar-refractivity contribution in [1.82, 2.24) is 0 Å². The van der Waals surface area contributed by atoms with Gasteiger partial charge in [-0.25, -0.2) is 8.78 Å². The van der Waals surface area contributed by atoms with Crippen molar-refractivity contribution in [2.75, 3.05) is 0 Å². The van der Waals surface area contributed by atoms with Crippen LogP contribution >= 0.6 is 43.5 Å². The molecule has 19 heavy (non-hydrogen) atoms. The monoisotopic (exact) mass is 410 g/mol. The van der Waals surface area contributed by atoms with Gasteiger partial charge in [-0.15, -0.1) is 0 Å². The van der Waals surface area contributed by atoms with E-state index in [1.165, 1.54) is 24.3 Å². The van der Waals surface area contributed by atoms with Crippen LogP contribution in [0.4, 0.5) is 8.78 Å². The van der Waals surface area contributed by atoms with Gasteiger partial charge in [0, 0.05) is 10.0 Å². The lowest BCUT2D eigenvalue weighted by Gasteiger charge is -2.14. The Labute approximate surface area is 130 Å². The molecule has 0 heterocycles. The van der Waals surface area contributed by atoms with Crippen LogP contribution in [0.2, 0.25) is 5.02 Å².